The number of carbonyl (C=O) groups excluding carboxylic acids is 4. The van der Waals surface area contributed by atoms with Crippen molar-refractivity contribution in [3.63, 3.8) is 0 Å². The maximum absolute atomic E-state index is 15.2. The van der Waals surface area contributed by atoms with E-state index >= 15 is 4.79 Å². The Bertz CT molecular complexity index is 2100. The molecule has 0 spiro atoms. The van der Waals surface area contributed by atoms with Gasteiger partial charge in [0.1, 0.15) is 17.6 Å². The van der Waals surface area contributed by atoms with Crippen LogP contribution in [0, 0.1) is 23.2 Å². The summed E-state index contributed by atoms with van der Waals surface area (Å²) >= 11 is 0. The number of ketones is 1. The third-order valence-corrected chi connectivity index (χ3v) is 15.6. The molecule has 6 atom stereocenters. The predicted molar refractivity (Wildman–Crippen MR) is 223 cm³/mol. The van der Waals surface area contributed by atoms with Crippen molar-refractivity contribution in [1.29, 1.82) is 0 Å². The van der Waals surface area contributed by atoms with Gasteiger partial charge in [-0.1, -0.05) is 25.3 Å². The standard InChI is InChI=1S/C45H60N4O10S/c1-4-30-24-45(30,44(53)47-60(54,55)33-15-16-33)25-38(50)37-20-32-27-49(37)43(52)34(28-11-7-6-8-12-28)21-42(51)48-17-9-14-31(26-48)58-18-10-13-29-19-35-36(22-39(29)56-3)46-41(57-5-2)23-40(35)59-32/h4,19,22-23,28,30-34,37H,1,5-18,20-21,24-27H2,2-3H3,(H,47,53)/t30-,31+,32-,34+,37+,45-/m1/s1. The van der Waals surface area contributed by atoms with Crippen LogP contribution in [0.25, 0.3) is 10.9 Å². The van der Waals surface area contributed by atoms with Crippen LogP contribution in [0.2, 0.25) is 0 Å². The highest BCUT2D eigenvalue weighted by molar-refractivity contribution is 7.90. The van der Waals surface area contributed by atoms with Gasteiger partial charge in [0.25, 0.3) is 0 Å². The van der Waals surface area contributed by atoms with Gasteiger partial charge in [-0.25, -0.2) is 13.4 Å². The minimum atomic E-state index is -3.86. The quantitative estimate of drug-likeness (QED) is 0.292. The number of hydrogen-bond acceptors (Lipinski definition) is 11. The first kappa shape index (κ1) is 42.5. The van der Waals surface area contributed by atoms with Gasteiger partial charge >= 0.3 is 0 Å². The maximum atomic E-state index is 15.2. The summed E-state index contributed by atoms with van der Waals surface area (Å²) in [7, 11) is -2.24. The third kappa shape index (κ3) is 8.89. The first-order valence-electron chi connectivity index (χ1n) is 22.1. The van der Waals surface area contributed by atoms with Gasteiger partial charge in [-0.15, -0.1) is 6.58 Å². The number of nitrogens with zero attached hydrogens (tertiary/aromatic N) is 3. The summed E-state index contributed by atoms with van der Waals surface area (Å²) in [6.07, 6.45) is 9.72. The minimum Gasteiger partial charge on any atom is -0.496 e. The number of nitrogens with one attached hydrogen (secondary N) is 1. The molecule has 3 aliphatic heterocycles. The summed E-state index contributed by atoms with van der Waals surface area (Å²) in [6.45, 7) is 7.79. The van der Waals surface area contributed by atoms with Crippen molar-refractivity contribution < 1.29 is 46.5 Å². The molecule has 2 saturated heterocycles. The van der Waals surface area contributed by atoms with Crippen LogP contribution in [0.3, 0.4) is 0 Å². The third-order valence-electron chi connectivity index (χ3n) is 13.8. The van der Waals surface area contributed by atoms with Gasteiger partial charge in [-0.3, -0.25) is 23.9 Å². The van der Waals surface area contributed by atoms with Crippen LogP contribution in [0.5, 0.6) is 17.4 Å². The van der Waals surface area contributed by atoms with E-state index in [-0.39, 0.29) is 61.8 Å². The molecule has 8 rings (SSSR count). The Morgan fingerprint density at radius 2 is 1.83 bits per heavy atom. The lowest BCUT2D eigenvalue weighted by Crippen LogP contribution is -2.49. The van der Waals surface area contributed by atoms with Crippen molar-refractivity contribution in [1.82, 2.24) is 19.5 Å². The molecule has 15 heteroatoms. The second-order valence-corrected chi connectivity index (χ2v) is 19.8. The van der Waals surface area contributed by atoms with E-state index in [9.17, 15) is 22.8 Å². The summed E-state index contributed by atoms with van der Waals surface area (Å²) in [5.74, 6) is -0.913. The normalized spacial score (nSPS) is 29.3. The number of allylic oxidation sites excluding steroid dienone is 1. The van der Waals surface area contributed by atoms with Crippen molar-refractivity contribution in [2.75, 3.05) is 40.0 Å². The minimum absolute atomic E-state index is 0.0264. The van der Waals surface area contributed by atoms with Gasteiger partial charge in [0, 0.05) is 62.4 Å². The molecule has 5 fully saturated rings. The van der Waals surface area contributed by atoms with Crippen LogP contribution in [0.4, 0.5) is 0 Å². The predicted octanol–water partition coefficient (Wildman–Crippen LogP) is 5.29. The number of fused-ring (bicyclic) bond motifs is 5. The highest BCUT2D eigenvalue weighted by Crippen LogP contribution is 2.57. The van der Waals surface area contributed by atoms with Crippen LogP contribution in [0.15, 0.2) is 30.9 Å². The zero-order chi connectivity index (χ0) is 42.2. The van der Waals surface area contributed by atoms with Crippen molar-refractivity contribution >= 4 is 44.4 Å². The van der Waals surface area contributed by atoms with E-state index in [1.54, 1.807) is 24.2 Å². The number of Topliss-reactive ketones (excluding diaryl/α,β-unsaturated/α-hetero) is 1. The first-order chi connectivity index (χ1) is 28.9. The Balaban J connectivity index is 1.17. The maximum Gasteiger partial charge on any atom is 0.240 e. The molecule has 3 amide bonds. The molecule has 14 nitrogen and oxygen atoms in total. The van der Waals surface area contributed by atoms with Crippen molar-refractivity contribution in [2.24, 2.45) is 23.2 Å². The number of pyridine rings is 1. The van der Waals surface area contributed by atoms with E-state index < -0.39 is 50.6 Å². The van der Waals surface area contributed by atoms with Gasteiger partial charge < -0.3 is 28.7 Å². The lowest BCUT2D eigenvalue weighted by molar-refractivity contribution is -0.148. The van der Waals surface area contributed by atoms with Crippen molar-refractivity contribution in [2.45, 2.75) is 127 Å². The number of carbonyl (C=O) groups is 4. The lowest BCUT2D eigenvalue weighted by atomic mass is 9.77. The fraction of sp³-hybridized carbons (Fsp3) is 0.667. The van der Waals surface area contributed by atoms with Crippen LogP contribution in [-0.4, -0.2) is 110 Å². The van der Waals surface area contributed by atoms with Crippen LogP contribution >= 0.6 is 0 Å². The molecule has 0 unspecified atom stereocenters. The number of rotatable bonds is 11. The van der Waals surface area contributed by atoms with Gasteiger partial charge in [-0.05, 0) is 88.2 Å². The Hall–Kier alpha value is -4.24. The zero-order valence-corrected chi connectivity index (χ0v) is 35.8. The van der Waals surface area contributed by atoms with Gasteiger partial charge in [0.2, 0.25) is 33.6 Å². The van der Waals surface area contributed by atoms with Crippen molar-refractivity contribution in [3.05, 3.63) is 36.4 Å². The van der Waals surface area contributed by atoms with Crippen LogP contribution < -0.4 is 18.9 Å². The monoisotopic (exact) mass is 848 g/mol. The van der Waals surface area contributed by atoms with E-state index in [1.807, 2.05) is 24.0 Å². The van der Waals surface area contributed by atoms with Gasteiger partial charge in [0.05, 0.1) is 48.6 Å². The average Bonchev–Trinajstić information content (AvgIpc) is 4.18. The SMILES string of the molecule is C=C[C@@H]1C[C@]1(CC(=O)[C@@H]1C[C@@H]2CN1C(=O)[C@H](C1CCCCC1)CC(=O)N1CCC[C@@H](C1)OCCCc1cc3c(cc(OCC)nc3cc1OC)O2)C(=O)NS(=O)(=O)C1CC1. The molecular formula is C45H60N4O10S. The molecule has 3 saturated carbocycles. The van der Waals surface area contributed by atoms with E-state index in [4.69, 9.17) is 23.9 Å². The smallest absolute Gasteiger partial charge is 0.240 e. The van der Waals surface area contributed by atoms with E-state index in [0.29, 0.717) is 68.5 Å². The topological polar surface area (TPSA) is 171 Å². The Kier molecular flexibility index (Phi) is 12.5. The van der Waals surface area contributed by atoms with Gasteiger partial charge in [-0.2, -0.15) is 0 Å². The van der Waals surface area contributed by atoms with E-state index in [0.717, 1.165) is 62.3 Å². The van der Waals surface area contributed by atoms with Gasteiger partial charge in [0.15, 0.2) is 5.78 Å². The lowest BCUT2D eigenvalue weighted by Gasteiger charge is -2.37. The molecule has 1 N–H and O–H groups in total. The largest absolute Gasteiger partial charge is 0.496 e. The summed E-state index contributed by atoms with van der Waals surface area (Å²) in [5, 5.41) is 0.125. The number of ether oxygens (including phenoxy) is 4. The number of piperidine rings is 1. The second kappa shape index (κ2) is 17.6. The number of aromatic nitrogens is 1. The number of hydrogen-bond donors (Lipinski definition) is 1. The highest BCUT2D eigenvalue weighted by atomic mass is 32.2. The molecule has 6 bridgehead atoms. The van der Waals surface area contributed by atoms with Crippen LogP contribution in [-0.2, 0) is 40.4 Å². The van der Waals surface area contributed by atoms with Crippen molar-refractivity contribution in [3.8, 4) is 17.4 Å². The number of sulfonamides is 1. The Morgan fingerprint density at radius 3 is 2.55 bits per heavy atom. The second-order valence-electron chi connectivity index (χ2n) is 17.9. The molecule has 3 aliphatic carbocycles. The molecule has 0 radical (unpaired) electrons. The summed E-state index contributed by atoms with van der Waals surface area (Å²) in [5.41, 5.74) is 0.269. The summed E-state index contributed by atoms with van der Waals surface area (Å²) in [6, 6.07) is 4.67. The van der Waals surface area contributed by atoms with E-state index in [2.05, 4.69) is 11.3 Å². The Labute approximate surface area is 353 Å². The average molecular weight is 849 g/mol. The van der Waals surface area contributed by atoms with Crippen LogP contribution in [0.1, 0.15) is 102 Å². The molecule has 4 heterocycles. The fourth-order valence-electron chi connectivity index (χ4n) is 10.2. The molecule has 6 aliphatic rings. The molecule has 1 aromatic heterocycles. The first-order valence-corrected chi connectivity index (χ1v) is 23.7. The molecule has 2 aromatic rings. The summed E-state index contributed by atoms with van der Waals surface area (Å²) < 4.78 is 53.0. The number of aryl methyl sites for hydroxylation is 1. The molecular weight excluding hydrogens is 789 g/mol. The zero-order valence-electron chi connectivity index (χ0n) is 35.0. The summed E-state index contributed by atoms with van der Waals surface area (Å²) in [4.78, 5) is 66.2. The number of benzene rings is 1. The number of methoxy groups -OCH3 is 1. The molecule has 1 aromatic carbocycles. The molecule has 60 heavy (non-hydrogen) atoms. The van der Waals surface area contributed by atoms with E-state index in [1.165, 1.54) is 0 Å². The molecule has 326 valence electrons. The fourth-order valence-corrected chi connectivity index (χ4v) is 11.6. The Morgan fingerprint density at radius 1 is 1.03 bits per heavy atom. The highest BCUT2D eigenvalue weighted by Gasteiger charge is 2.61. The number of amides is 3.